The summed E-state index contributed by atoms with van der Waals surface area (Å²) >= 11 is 0. The topological polar surface area (TPSA) is 68.3 Å². The highest BCUT2D eigenvalue weighted by atomic mass is 31.2. The van der Waals surface area contributed by atoms with Gasteiger partial charge in [0, 0.05) is 0 Å². The first-order valence-electron chi connectivity index (χ1n) is 11.0. The Hall–Kier alpha value is -0.200. The van der Waals surface area contributed by atoms with E-state index < -0.39 is 8.53 Å². The Labute approximate surface area is 164 Å². The molecule has 26 heavy (non-hydrogen) atoms. The lowest BCUT2D eigenvalue weighted by atomic mass is 10.0. The summed E-state index contributed by atoms with van der Waals surface area (Å²) in [7, 11) is -1.29. The van der Waals surface area contributed by atoms with Crippen LogP contribution in [0, 0.1) is 11.3 Å². The molecule has 0 radical (unpaired) electrons. The largest absolute Gasteiger partial charge is 0.322 e. The molecule has 0 aliphatic carbocycles. The SMILES string of the molecule is CCCCCCCCCCCCCCCCCCOP(N)OCCC#N. The lowest BCUT2D eigenvalue weighted by molar-refractivity contribution is 0.248. The maximum absolute atomic E-state index is 8.41. The number of nitrogens with zero attached hydrogens (tertiary/aromatic N) is 1. The summed E-state index contributed by atoms with van der Waals surface area (Å²) in [5.74, 6) is 0. The average Bonchev–Trinajstić information content (AvgIpc) is 2.64. The molecular weight excluding hydrogens is 343 g/mol. The van der Waals surface area contributed by atoms with Gasteiger partial charge in [0.1, 0.15) is 0 Å². The molecule has 0 saturated carbocycles. The van der Waals surface area contributed by atoms with Crippen molar-refractivity contribution in [3.63, 3.8) is 0 Å². The lowest BCUT2D eigenvalue weighted by Gasteiger charge is -2.10. The highest BCUT2D eigenvalue weighted by Gasteiger charge is 2.03. The van der Waals surface area contributed by atoms with Crippen molar-refractivity contribution in [2.24, 2.45) is 5.50 Å². The van der Waals surface area contributed by atoms with Gasteiger partial charge in [-0.1, -0.05) is 103 Å². The number of hydrogen-bond acceptors (Lipinski definition) is 4. The maximum Gasteiger partial charge on any atom is 0.252 e. The number of nitriles is 1. The molecule has 0 amide bonds. The second kappa shape index (κ2) is 22.8. The van der Waals surface area contributed by atoms with Gasteiger partial charge < -0.3 is 9.05 Å². The maximum atomic E-state index is 8.41. The summed E-state index contributed by atoms with van der Waals surface area (Å²) in [4.78, 5) is 0. The standard InChI is InChI=1S/C21H43N2O2P/c1-2-3-4-5-6-7-8-9-10-11-12-13-14-15-16-17-20-24-26(23)25-21-18-19-22/h2-18,20-21,23H2,1H3. The lowest BCUT2D eigenvalue weighted by Crippen LogP contribution is -2.01. The first-order chi connectivity index (χ1) is 12.8. The number of rotatable bonds is 21. The fourth-order valence-corrected chi connectivity index (χ4v) is 3.68. The Bertz CT molecular complexity index is 311. The molecule has 0 saturated heterocycles. The minimum Gasteiger partial charge on any atom is -0.322 e. The molecule has 4 nitrogen and oxygen atoms in total. The molecule has 0 heterocycles. The minimum atomic E-state index is -1.29. The zero-order valence-corrected chi connectivity index (χ0v) is 18.1. The van der Waals surface area contributed by atoms with Crippen LogP contribution in [0.2, 0.25) is 0 Å². The van der Waals surface area contributed by atoms with Gasteiger partial charge in [0.15, 0.2) is 0 Å². The molecule has 0 aromatic rings. The van der Waals surface area contributed by atoms with E-state index in [2.05, 4.69) is 6.92 Å². The van der Waals surface area contributed by atoms with Crippen LogP contribution in [0.1, 0.15) is 116 Å². The van der Waals surface area contributed by atoms with Gasteiger partial charge in [-0.25, -0.2) is 0 Å². The van der Waals surface area contributed by atoms with E-state index in [9.17, 15) is 0 Å². The van der Waals surface area contributed by atoms with Gasteiger partial charge in [0.2, 0.25) is 0 Å². The molecule has 1 atom stereocenters. The summed E-state index contributed by atoms with van der Waals surface area (Å²) in [5, 5.41) is 8.41. The highest BCUT2D eigenvalue weighted by molar-refractivity contribution is 7.44. The van der Waals surface area contributed by atoms with Crippen LogP contribution in [-0.4, -0.2) is 13.2 Å². The van der Waals surface area contributed by atoms with Crippen LogP contribution in [0.15, 0.2) is 0 Å². The summed E-state index contributed by atoms with van der Waals surface area (Å²) in [6.07, 6.45) is 22.3. The molecule has 0 aromatic heterocycles. The van der Waals surface area contributed by atoms with Gasteiger partial charge in [-0.05, 0) is 6.42 Å². The van der Waals surface area contributed by atoms with Gasteiger partial charge in [0.05, 0.1) is 25.7 Å². The van der Waals surface area contributed by atoms with Crippen molar-refractivity contribution in [1.82, 2.24) is 0 Å². The second-order valence-electron chi connectivity index (χ2n) is 7.16. The summed E-state index contributed by atoms with van der Waals surface area (Å²) in [6.45, 7) is 3.33. The van der Waals surface area contributed by atoms with Crippen LogP contribution < -0.4 is 5.50 Å². The van der Waals surface area contributed by atoms with E-state index in [0.717, 1.165) is 6.42 Å². The van der Waals surface area contributed by atoms with Crippen LogP contribution in [0.3, 0.4) is 0 Å². The Balaban J connectivity index is 3.06. The van der Waals surface area contributed by atoms with Gasteiger partial charge in [-0.3, -0.25) is 5.50 Å². The number of unbranched alkanes of at least 4 members (excludes halogenated alkanes) is 15. The van der Waals surface area contributed by atoms with Crippen molar-refractivity contribution in [2.75, 3.05) is 13.2 Å². The Morgan fingerprint density at radius 1 is 0.654 bits per heavy atom. The zero-order valence-electron chi connectivity index (χ0n) is 17.2. The second-order valence-corrected chi connectivity index (χ2v) is 8.25. The Kier molecular flexibility index (Phi) is 22.7. The van der Waals surface area contributed by atoms with Gasteiger partial charge in [-0.15, -0.1) is 0 Å². The van der Waals surface area contributed by atoms with Crippen molar-refractivity contribution in [3.8, 4) is 6.07 Å². The molecule has 0 aliphatic heterocycles. The van der Waals surface area contributed by atoms with Gasteiger partial charge >= 0.3 is 0 Å². The number of hydrogen-bond donors (Lipinski definition) is 1. The molecule has 154 valence electrons. The first kappa shape index (κ1) is 25.8. The molecule has 0 aromatic carbocycles. The smallest absolute Gasteiger partial charge is 0.252 e. The van der Waals surface area contributed by atoms with E-state index in [4.69, 9.17) is 19.8 Å². The van der Waals surface area contributed by atoms with E-state index in [1.54, 1.807) is 0 Å². The third kappa shape index (κ3) is 21.8. The molecule has 1 unspecified atom stereocenters. The van der Waals surface area contributed by atoms with Crippen LogP contribution >= 0.6 is 8.53 Å². The van der Waals surface area contributed by atoms with Crippen molar-refractivity contribution in [3.05, 3.63) is 0 Å². The van der Waals surface area contributed by atoms with Gasteiger partial charge in [-0.2, -0.15) is 5.26 Å². The molecule has 0 spiro atoms. The Morgan fingerprint density at radius 3 is 1.46 bits per heavy atom. The fraction of sp³-hybridized carbons (Fsp3) is 0.952. The van der Waals surface area contributed by atoms with Crippen molar-refractivity contribution < 1.29 is 9.05 Å². The fourth-order valence-electron chi connectivity index (χ4n) is 3.02. The summed E-state index contributed by atoms with van der Waals surface area (Å²) in [6, 6.07) is 2.02. The van der Waals surface area contributed by atoms with Crippen LogP contribution in [0.5, 0.6) is 0 Å². The quantitative estimate of drug-likeness (QED) is 0.165. The van der Waals surface area contributed by atoms with Crippen molar-refractivity contribution in [2.45, 2.75) is 116 Å². The van der Waals surface area contributed by atoms with E-state index in [1.807, 2.05) is 6.07 Å². The van der Waals surface area contributed by atoms with E-state index >= 15 is 0 Å². The third-order valence-electron chi connectivity index (χ3n) is 4.65. The Morgan fingerprint density at radius 2 is 1.04 bits per heavy atom. The van der Waals surface area contributed by atoms with Crippen LogP contribution in [-0.2, 0) is 9.05 Å². The van der Waals surface area contributed by atoms with E-state index in [1.165, 1.54) is 96.3 Å². The van der Waals surface area contributed by atoms with Crippen molar-refractivity contribution >= 4 is 8.53 Å². The molecule has 0 fully saturated rings. The van der Waals surface area contributed by atoms with Gasteiger partial charge in [0.25, 0.3) is 8.53 Å². The van der Waals surface area contributed by atoms with Crippen molar-refractivity contribution in [1.29, 1.82) is 5.26 Å². The third-order valence-corrected chi connectivity index (χ3v) is 5.52. The first-order valence-corrected chi connectivity index (χ1v) is 12.2. The number of nitrogens with two attached hydrogens (primary N) is 1. The average molecular weight is 387 g/mol. The molecule has 0 rings (SSSR count). The molecule has 0 aliphatic rings. The zero-order chi connectivity index (χ0) is 19.1. The molecule has 2 N–H and O–H groups in total. The molecular formula is C21H43N2O2P. The predicted octanol–water partition coefficient (Wildman–Crippen LogP) is 7.38. The summed E-state index contributed by atoms with van der Waals surface area (Å²) in [5.41, 5.74) is 5.69. The predicted molar refractivity (Wildman–Crippen MR) is 113 cm³/mol. The highest BCUT2D eigenvalue weighted by Crippen LogP contribution is 2.28. The van der Waals surface area contributed by atoms with E-state index in [0.29, 0.717) is 19.6 Å². The normalized spacial score (nSPS) is 12.2. The monoisotopic (exact) mass is 386 g/mol. The van der Waals surface area contributed by atoms with E-state index in [-0.39, 0.29) is 0 Å². The molecule has 5 heteroatoms. The minimum absolute atomic E-state index is 0.373. The van der Waals surface area contributed by atoms with Crippen LogP contribution in [0.25, 0.3) is 0 Å². The van der Waals surface area contributed by atoms with Crippen LogP contribution in [0.4, 0.5) is 0 Å². The summed E-state index contributed by atoms with van der Waals surface area (Å²) < 4.78 is 10.6. The molecule has 0 bridgehead atoms.